The van der Waals surface area contributed by atoms with Crippen molar-refractivity contribution in [2.24, 2.45) is 7.05 Å². The fourth-order valence-electron chi connectivity index (χ4n) is 4.75. The van der Waals surface area contributed by atoms with E-state index in [0.717, 1.165) is 22.8 Å². The predicted molar refractivity (Wildman–Crippen MR) is 144 cm³/mol. The molecule has 0 saturated carbocycles. The Kier molecular flexibility index (Phi) is 5.96. The molecule has 0 spiro atoms. The van der Waals surface area contributed by atoms with Gasteiger partial charge in [-0.1, -0.05) is 17.7 Å². The first-order chi connectivity index (χ1) is 18.3. The van der Waals surface area contributed by atoms with Gasteiger partial charge < -0.3 is 9.64 Å². The average Bonchev–Trinajstić information content (AvgIpc) is 3.55. The maximum absolute atomic E-state index is 13.5. The van der Waals surface area contributed by atoms with Crippen LogP contribution < -0.4 is 4.90 Å². The maximum atomic E-state index is 13.5. The second-order valence-corrected chi connectivity index (χ2v) is 11.2. The Morgan fingerprint density at radius 1 is 1.03 bits per heavy atom. The lowest BCUT2D eigenvalue weighted by molar-refractivity contribution is 0.0985. The van der Waals surface area contributed by atoms with Crippen molar-refractivity contribution in [3.63, 3.8) is 0 Å². The molecule has 38 heavy (non-hydrogen) atoms. The summed E-state index contributed by atoms with van der Waals surface area (Å²) in [5.74, 6) is 1.26. The van der Waals surface area contributed by atoms with E-state index in [9.17, 15) is 8.42 Å². The number of hydrogen-bond acceptors (Lipinski definition) is 8. The lowest BCUT2D eigenvalue weighted by atomic mass is 10.1. The van der Waals surface area contributed by atoms with Crippen LogP contribution in [0.4, 0.5) is 5.82 Å². The van der Waals surface area contributed by atoms with Gasteiger partial charge in [-0.2, -0.15) is 5.10 Å². The molecule has 1 saturated heterocycles. The van der Waals surface area contributed by atoms with Gasteiger partial charge in [0.25, 0.3) is 10.0 Å². The Hall–Kier alpha value is -4.09. The summed E-state index contributed by atoms with van der Waals surface area (Å²) in [4.78, 5) is 16.7. The number of nitrogens with zero attached hydrogens (tertiary/aromatic N) is 7. The van der Waals surface area contributed by atoms with Crippen molar-refractivity contribution in [3.05, 3.63) is 72.7 Å². The number of fused-ring (bicyclic) bond motifs is 1. The monoisotopic (exact) mass is 529 g/mol. The molecule has 11 heteroatoms. The minimum Gasteiger partial charge on any atom is -0.377 e. The lowest BCUT2D eigenvalue weighted by Crippen LogP contribution is -2.44. The van der Waals surface area contributed by atoms with Crippen LogP contribution in [0.2, 0.25) is 0 Å². The van der Waals surface area contributed by atoms with E-state index in [1.54, 1.807) is 47.4 Å². The lowest BCUT2D eigenvalue weighted by Gasteiger charge is -2.34. The number of morpholine rings is 1. The minimum atomic E-state index is -3.84. The molecule has 1 fully saturated rings. The van der Waals surface area contributed by atoms with Crippen LogP contribution in [0.3, 0.4) is 0 Å². The molecule has 4 aromatic heterocycles. The van der Waals surface area contributed by atoms with E-state index in [1.165, 1.54) is 10.2 Å². The normalized spacial score (nSPS) is 16.3. The van der Waals surface area contributed by atoms with E-state index in [1.807, 2.05) is 32.2 Å². The van der Waals surface area contributed by atoms with Gasteiger partial charge in [-0.05, 0) is 44.2 Å². The van der Waals surface area contributed by atoms with Crippen LogP contribution in [0.1, 0.15) is 12.5 Å². The summed E-state index contributed by atoms with van der Waals surface area (Å²) in [6.07, 6.45) is 4.86. The van der Waals surface area contributed by atoms with Crippen LogP contribution in [0, 0.1) is 6.92 Å². The Morgan fingerprint density at radius 3 is 2.58 bits per heavy atom. The van der Waals surface area contributed by atoms with Gasteiger partial charge in [-0.3, -0.25) is 4.68 Å². The van der Waals surface area contributed by atoms with E-state index in [2.05, 4.69) is 21.9 Å². The van der Waals surface area contributed by atoms with Crippen LogP contribution in [-0.2, 0) is 21.8 Å². The standard InChI is InChI=1S/C27H27N7O3S/c1-18-4-6-20(7-5-18)38(35,36)34-13-10-22-21(8-11-28-27(22)34)26-30-23(24-9-12-29-32(24)3)16-25(31-26)33-14-15-37-17-19(33)2/h4-13,16,19H,14-15,17H2,1-3H3/t19-/m1/s1. The fourth-order valence-corrected chi connectivity index (χ4v) is 6.05. The first-order valence-electron chi connectivity index (χ1n) is 12.3. The zero-order valence-corrected chi connectivity index (χ0v) is 22.1. The molecular weight excluding hydrogens is 502 g/mol. The van der Waals surface area contributed by atoms with Crippen molar-refractivity contribution in [3.8, 4) is 22.8 Å². The van der Waals surface area contributed by atoms with Gasteiger partial charge in [0.2, 0.25) is 0 Å². The number of aryl methyl sites for hydroxylation is 2. The van der Waals surface area contributed by atoms with Gasteiger partial charge in [-0.25, -0.2) is 27.3 Å². The summed E-state index contributed by atoms with van der Waals surface area (Å²) in [6, 6.07) is 14.4. The Morgan fingerprint density at radius 2 is 1.84 bits per heavy atom. The predicted octanol–water partition coefficient (Wildman–Crippen LogP) is 3.66. The molecule has 1 aliphatic rings. The SMILES string of the molecule is Cc1ccc(S(=O)(=O)n2ccc3c(-c4nc(-c5ccnn5C)cc(N5CCOC[C@H]5C)n4)ccnc32)cc1. The molecule has 0 bridgehead atoms. The molecule has 194 valence electrons. The van der Waals surface area contributed by atoms with E-state index >= 15 is 0 Å². The fraction of sp³-hybridized carbons (Fsp3) is 0.259. The topological polar surface area (TPSA) is 108 Å². The minimum absolute atomic E-state index is 0.143. The van der Waals surface area contributed by atoms with Gasteiger partial charge in [0.05, 0.1) is 35.5 Å². The number of anilines is 1. The third-order valence-electron chi connectivity index (χ3n) is 6.83. The second kappa shape index (κ2) is 9.34. The first-order valence-corrected chi connectivity index (χ1v) is 13.8. The number of benzene rings is 1. The molecular formula is C27H27N7O3S. The summed E-state index contributed by atoms with van der Waals surface area (Å²) in [5.41, 5.74) is 3.57. The van der Waals surface area contributed by atoms with Crippen LogP contribution in [0.25, 0.3) is 33.8 Å². The Bertz CT molecular complexity index is 1740. The van der Waals surface area contributed by atoms with E-state index in [4.69, 9.17) is 14.7 Å². The van der Waals surface area contributed by atoms with Crippen molar-refractivity contribution in [2.45, 2.75) is 24.8 Å². The highest BCUT2D eigenvalue weighted by Crippen LogP contribution is 2.32. The van der Waals surface area contributed by atoms with E-state index in [0.29, 0.717) is 42.2 Å². The van der Waals surface area contributed by atoms with Gasteiger partial charge in [0.15, 0.2) is 11.5 Å². The maximum Gasteiger partial charge on any atom is 0.269 e. The third-order valence-corrected chi connectivity index (χ3v) is 8.51. The van der Waals surface area contributed by atoms with Crippen molar-refractivity contribution in [1.82, 2.24) is 28.7 Å². The van der Waals surface area contributed by atoms with Crippen LogP contribution >= 0.6 is 0 Å². The van der Waals surface area contributed by atoms with Gasteiger partial charge in [0, 0.05) is 49.2 Å². The van der Waals surface area contributed by atoms with Crippen molar-refractivity contribution >= 4 is 26.9 Å². The van der Waals surface area contributed by atoms with Crippen LogP contribution in [0.5, 0.6) is 0 Å². The van der Waals surface area contributed by atoms with E-state index < -0.39 is 10.0 Å². The summed E-state index contributed by atoms with van der Waals surface area (Å²) in [5, 5.41) is 4.95. The molecule has 5 heterocycles. The number of pyridine rings is 1. The molecule has 0 amide bonds. The highest BCUT2D eigenvalue weighted by atomic mass is 32.2. The van der Waals surface area contributed by atoms with Crippen molar-refractivity contribution < 1.29 is 13.2 Å². The number of hydrogen-bond donors (Lipinski definition) is 0. The zero-order chi connectivity index (χ0) is 26.4. The van der Waals surface area contributed by atoms with Crippen LogP contribution in [-0.4, -0.2) is 62.9 Å². The molecule has 6 rings (SSSR count). The second-order valence-electron chi connectivity index (χ2n) is 9.42. The Labute approximate surface area is 220 Å². The molecule has 0 radical (unpaired) electrons. The summed E-state index contributed by atoms with van der Waals surface area (Å²) in [6.45, 7) is 5.95. The highest BCUT2D eigenvalue weighted by Gasteiger charge is 2.25. The van der Waals surface area contributed by atoms with Crippen molar-refractivity contribution in [2.75, 3.05) is 24.7 Å². The molecule has 1 atom stereocenters. The highest BCUT2D eigenvalue weighted by molar-refractivity contribution is 7.90. The molecule has 0 aliphatic carbocycles. The van der Waals surface area contributed by atoms with Crippen molar-refractivity contribution in [1.29, 1.82) is 0 Å². The summed E-state index contributed by atoms with van der Waals surface area (Å²) in [7, 11) is -1.97. The van der Waals surface area contributed by atoms with Gasteiger partial charge >= 0.3 is 0 Å². The van der Waals surface area contributed by atoms with Crippen LogP contribution in [0.15, 0.2) is 72.0 Å². The molecule has 1 aliphatic heterocycles. The van der Waals surface area contributed by atoms with Gasteiger partial charge in [0.1, 0.15) is 5.82 Å². The van der Waals surface area contributed by atoms with Gasteiger partial charge in [-0.15, -0.1) is 0 Å². The molecule has 5 aromatic rings. The molecule has 0 unspecified atom stereocenters. The number of ether oxygens (including phenoxy) is 1. The number of aromatic nitrogens is 6. The summed E-state index contributed by atoms with van der Waals surface area (Å²) >= 11 is 0. The number of rotatable bonds is 5. The van der Waals surface area contributed by atoms with E-state index in [-0.39, 0.29) is 10.9 Å². The molecule has 1 aromatic carbocycles. The molecule has 10 nitrogen and oxygen atoms in total. The molecule has 0 N–H and O–H groups in total. The largest absolute Gasteiger partial charge is 0.377 e. The Balaban J connectivity index is 1.52. The quantitative estimate of drug-likeness (QED) is 0.339. The third kappa shape index (κ3) is 4.13. The zero-order valence-electron chi connectivity index (χ0n) is 21.3. The first kappa shape index (κ1) is 24.3. The summed E-state index contributed by atoms with van der Waals surface area (Å²) < 4.78 is 35.6. The average molecular weight is 530 g/mol. The smallest absolute Gasteiger partial charge is 0.269 e.